The van der Waals surface area contributed by atoms with Crippen molar-refractivity contribution in [1.82, 2.24) is 0 Å². The van der Waals surface area contributed by atoms with E-state index in [-0.39, 0.29) is 19.6 Å². The van der Waals surface area contributed by atoms with Crippen LogP contribution in [0.5, 0.6) is 0 Å². The van der Waals surface area contributed by atoms with E-state index < -0.39 is 37.1 Å². The first-order valence-electron chi connectivity index (χ1n) is 6.24. The van der Waals surface area contributed by atoms with E-state index in [0.717, 1.165) is 0 Å². The molecule has 9 nitrogen and oxygen atoms in total. The lowest BCUT2D eigenvalue weighted by atomic mass is 10.2. The summed E-state index contributed by atoms with van der Waals surface area (Å²) in [5.74, 6) is -3.77. The number of hydrogen-bond acceptors (Lipinski definition) is 7. The van der Waals surface area contributed by atoms with Gasteiger partial charge in [-0.2, -0.15) is 0 Å². The maximum absolute atomic E-state index is 11.0. The zero-order chi connectivity index (χ0) is 16.1. The first-order chi connectivity index (χ1) is 9.91. The number of ether oxygens (including phenoxy) is 3. The molecule has 0 amide bonds. The van der Waals surface area contributed by atoms with Gasteiger partial charge in [-0.25, -0.2) is 14.4 Å². The molecule has 0 heterocycles. The van der Waals surface area contributed by atoms with E-state index in [1.807, 2.05) is 0 Å². The summed E-state index contributed by atoms with van der Waals surface area (Å²) in [5, 5.41) is 16.5. The number of unbranched alkanes of at least 4 members (excludes halogenated alkanes) is 2. The number of carbonyl (C=O) groups excluding carboxylic acids is 2. The van der Waals surface area contributed by atoms with Crippen LogP contribution in [-0.4, -0.2) is 60.5 Å². The number of aliphatic carboxylic acids is 2. The summed E-state index contributed by atoms with van der Waals surface area (Å²) in [6.07, 6.45) is 1.88. The highest BCUT2D eigenvalue weighted by Gasteiger charge is 2.07. The molecule has 0 aliphatic heterocycles. The number of carbonyl (C=O) groups is 4. The molecule has 120 valence electrons. The molecule has 0 radical (unpaired) electrons. The Kier molecular flexibility index (Phi) is 10.5. The van der Waals surface area contributed by atoms with Gasteiger partial charge in [0.05, 0.1) is 0 Å². The third-order valence-electron chi connectivity index (χ3n) is 2.10. The van der Waals surface area contributed by atoms with Crippen LogP contribution in [0.25, 0.3) is 0 Å². The fourth-order valence-corrected chi connectivity index (χ4v) is 1.20. The SMILES string of the molecule is O=C(O)COC(=O)CCCCCOCC(=O)OCC(=O)O. The normalized spacial score (nSPS) is 9.90. The monoisotopic (exact) mass is 306 g/mol. The Hall–Kier alpha value is -2.16. The molecule has 2 N–H and O–H groups in total. The number of esters is 2. The molecular weight excluding hydrogens is 288 g/mol. The van der Waals surface area contributed by atoms with Crippen molar-refractivity contribution in [2.45, 2.75) is 25.7 Å². The Balaban J connectivity index is 3.36. The number of carboxylic acids is 2. The molecule has 21 heavy (non-hydrogen) atoms. The molecule has 0 fully saturated rings. The molecule has 0 rings (SSSR count). The molecule has 0 atom stereocenters. The molecule has 0 unspecified atom stereocenters. The standard InChI is InChI=1S/C12H18O9/c13-9(14)6-20-11(17)4-2-1-3-5-19-8-12(18)21-7-10(15)16/h1-8H2,(H,13,14)(H,15,16). The predicted octanol–water partition coefficient (Wildman–Crippen LogP) is -0.181. The van der Waals surface area contributed by atoms with Gasteiger partial charge in [0.1, 0.15) is 6.61 Å². The van der Waals surface area contributed by atoms with Crippen molar-refractivity contribution in [2.75, 3.05) is 26.4 Å². The first kappa shape index (κ1) is 18.8. The van der Waals surface area contributed by atoms with Crippen LogP contribution in [0.1, 0.15) is 25.7 Å². The second-order valence-electron chi connectivity index (χ2n) is 3.97. The van der Waals surface area contributed by atoms with Gasteiger partial charge in [0, 0.05) is 13.0 Å². The van der Waals surface area contributed by atoms with Crippen molar-refractivity contribution in [3.8, 4) is 0 Å². The lowest BCUT2D eigenvalue weighted by molar-refractivity contribution is -0.158. The highest BCUT2D eigenvalue weighted by Crippen LogP contribution is 2.02. The Morgan fingerprint density at radius 1 is 0.714 bits per heavy atom. The van der Waals surface area contributed by atoms with Crippen LogP contribution in [0.3, 0.4) is 0 Å². The van der Waals surface area contributed by atoms with Crippen LogP contribution < -0.4 is 0 Å². The van der Waals surface area contributed by atoms with E-state index in [4.69, 9.17) is 14.9 Å². The molecule has 0 aromatic rings. The van der Waals surface area contributed by atoms with Crippen LogP contribution in [0.15, 0.2) is 0 Å². The maximum atomic E-state index is 11.0. The Labute approximate surface area is 120 Å². The summed E-state index contributed by atoms with van der Waals surface area (Å²) in [5.41, 5.74) is 0. The van der Waals surface area contributed by atoms with Gasteiger partial charge in [-0.1, -0.05) is 6.42 Å². The summed E-state index contributed by atoms with van der Waals surface area (Å²) in [4.78, 5) is 42.2. The van der Waals surface area contributed by atoms with E-state index in [1.165, 1.54) is 0 Å². The van der Waals surface area contributed by atoms with Crippen molar-refractivity contribution >= 4 is 23.9 Å². The van der Waals surface area contributed by atoms with E-state index in [0.29, 0.717) is 19.3 Å². The van der Waals surface area contributed by atoms with Gasteiger partial charge in [0.15, 0.2) is 13.2 Å². The number of rotatable bonds is 12. The summed E-state index contributed by atoms with van der Waals surface area (Å²) in [6, 6.07) is 0. The third-order valence-corrected chi connectivity index (χ3v) is 2.10. The molecule has 9 heteroatoms. The Morgan fingerprint density at radius 3 is 1.86 bits per heavy atom. The Morgan fingerprint density at radius 2 is 1.29 bits per heavy atom. The second kappa shape index (κ2) is 11.6. The number of hydrogen-bond donors (Lipinski definition) is 2. The first-order valence-corrected chi connectivity index (χ1v) is 6.24. The van der Waals surface area contributed by atoms with Crippen LogP contribution in [0.2, 0.25) is 0 Å². The fraction of sp³-hybridized carbons (Fsp3) is 0.667. The minimum Gasteiger partial charge on any atom is -0.479 e. The molecule has 0 saturated heterocycles. The van der Waals surface area contributed by atoms with Gasteiger partial charge in [-0.3, -0.25) is 4.79 Å². The van der Waals surface area contributed by atoms with Crippen molar-refractivity contribution in [2.24, 2.45) is 0 Å². The zero-order valence-electron chi connectivity index (χ0n) is 11.4. The smallest absolute Gasteiger partial charge is 0.341 e. The largest absolute Gasteiger partial charge is 0.479 e. The van der Waals surface area contributed by atoms with Crippen LogP contribution in [-0.2, 0) is 33.4 Å². The highest BCUT2D eigenvalue weighted by atomic mass is 16.6. The predicted molar refractivity (Wildman–Crippen MR) is 66.5 cm³/mol. The second-order valence-corrected chi connectivity index (χ2v) is 3.97. The van der Waals surface area contributed by atoms with Crippen LogP contribution in [0, 0.1) is 0 Å². The Bertz CT molecular complexity index is 330. The van der Waals surface area contributed by atoms with Crippen molar-refractivity contribution in [3.05, 3.63) is 0 Å². The molecule has 0 saturated carbocycles. The molecular formula is C12H18O9. The van der Waals surface area contributed by atoms with Gasteiger partial charge in [0.25, 0.3) is 0 Å². The van der Waals surface area contributed by atoms with Gasteiger partial charge in [0.2, 0.25) is 0 Å². The van der Waals surface area contributed by atoms with E-state index in [9.17, 15) is 19.2 Å². The zero-order valence-corrected chi connectivity index (χ0v) is 11.4. The fourth-order valence-electron chi connectivity index (χ4n) is 1.20. The van der Waals surface area contributed by atoms with Crippen molar-refractivity contribution < 1.29 is 43.6 Å². The van der Waals surface area contributed by atoms with E-state index in [2.05, 4.69) is 9.47 Å². The van der Waals surface area contributed by atoms with E-state index in [1.54, 1.807) is 0 Å². The van der Waals surface area contributed by atoms with Gasteiger partial charge in [-0.15, -0.1) is 0 Å². The quantitative estimate of drug-likeness (QED) is 0.371. The summed E-state index contributed by atoms with van der Waals surface area (Å²) >= 11 is 0. The van der Waals surface area contributed by atoms with Gasteiger partial charge >= 0.3 is 23.9 Å². The molecule has 0 bridgehead atoms. The lowest BCUT2D eigenvalue weighted by Gasteiger charge is -2.04. The number of carboxylic acid groups (broad SMARTS) is 2. The molecule has 0 aliphatic carbocycles. The maximum Gasteiger partial charge on any atom is 0.341 e. The lowest BCUT2D eigenvalue weighted by Crippen LogP contribution is -2.17. The topological polar surface area (TPSA) is 136 Å². The summed E-state index contributed by atoms with van der Waals surface area (Å²) in [7, 11) is 0. The molecule has 0 spiro atoms. The summed E-state index contributed by atoms with van der Waals surface area (Å²) < 4.78 is 13.7. The van der Waals surface area contributed by atoms with Gasteiger partial charge < -0.3 is 24.4 Å². The minimum absolute atomic E-state index is 0.119. The molecule has 0 aromatic carbocycles. The third kappa shape index (κ3) is 14.1. The van der Waals surface area contributed by atoms with Crippen molar-refractivity contribution in [3.63, 3.8) is 0 Å². The average Bonchev–Trinajstić information content (AvgIpc) is 2.41. The minimum atomic E-state index is -1.24. The van der Waals surface area contributed by atoms with Gasteiger partial charge in [-0.05, 0) is 12.8 Å². The van der Waals surface area contributed by atoms with E-state index >= 15 is 0 Å². The van der Waals surface area contributed by atoms with Crippen LogP contribution >= 0.6 is 0 Å². The van der Waals surface area contributed by atoms with Crippen LogP contribution in [0.4, 0.5) is 0 Å². The molecule has 0 aliphatic rings. The highest BCUT2D eigenvalue weighted by molar-refractivity contribution is 5.76. The summed E-state index contributed by atoms with van der Waals surface area (Å²) in [6.45, 7) is -1.39. The average molecular weight is 306 g/mol. The van der Waals surface area contributed by atoms with Crippen molar-refractivity contribution in [1.29, 1.82) is 0 Å². The molecule has 0 aromatic heterocycles.